The monoisotopic (exact) mass is 1570 g/mol. The SMILES string of the molecule is CC1(C)OB(c2cnn3ccc(-c4cccs4)nc23)OC1(C)C.CCN(CC)[C@@H](C)CCC(=O)c1cc(N)nc(-c2cnn3ccc(-c4cccs4)nc23)c1.CCN(CC)[C@@H](C)CCC(=O)c1cc(N)nc(Cl)c1.CCN(CC)[C@@H](C)CN.COC(=O)c1cc(N)nc(Cl)c1.Nc1cc(C(=O)O)cc(Cl)n1.[Li+].[OH-]. The van der Waals surface area contributed by atoms with Crippen LogP contribution >= 0.6 is 57.5 Å². The number of halogens is 3. The Morgan fingerprint density at radius 3 is 1.35 bits per heavy atom. The van der Waals surface area contributed by atoms with E-state index >= 15 is 0 Å². The molecule has 12 N–H and O–H groups in total. The Labute approximate surface area is 667 Å². The Balaban J connectivity index is 0.000000288. The average molecular weight is 1570 g/mol. The van der Waals surface area contributed by atoms with Crippen molar-refractivity contribution >= 4 is 128 Å². The molecule has 0 radical (unpaired) electrons. The Morgan fingerprint density at radius 1 is 0.556 bits per heavy atom. The van der Waals surface area contributed by atoms with Crippen LogP contribution in [0.4, 0.5) is 23.3 Å². The smallest absolute Gasteiger partial charge is 0.870 e. The van der Waals surface area contributed by atoms with E-state index in [4.69, 9.17) is 87.9 Å². The van der Waals surface area contributed by atoms with Gasteiger partial charge in [-0.3, -0.25) is 14.5 Å². The number of aromatic nitrogens is 10. The van der Waals surface area contributed by atoms with Crippen LogP contribution in [0.5, 0.6) is 0 Å². The van der Waals surface area contributed by atoms with Gasteiger partial charge >= 0.3 is 37.9 Å². The maximum Gasteiger partial charge on any atom is 1.00 e. The minimum Gasteiger partial charge on any atom is -0.870 e. The number of hydrogen-bond donors (Lipinski definition) is 6. The summed E-state index contributed by atoms with van der Waals surface area (Å²) < 4.78 is 20.2. The van der Waals surface area contributed by atoms with Crippen LogP contribution in [-0.4, -0.2) is 187 Å². The first-order chi connectivity index (χ1) is 50.3. The summed E-state index contributed by atoms with van der Waals surface area (Å²) in [6, 6.07) is 25.2. The fourth-order valence-electron chi connectivity index (χ4n) is 11.1. The van der Waals surface area contributed by atoms with E-state index < -0.39 is 19.1 Å². The number of methoxy groups -OCH3 is 1. The Kier molecular flexibility index (Phi) is 37.6. The number of nitrogens with zero attached hydrogens (tertiary/aromatic N) is 13. The molecular weight excluding hydrogens is 1470 g/mol. The van der Waals surface area contributed by atoms with Crippen molar-refractivity contribution in [2.24, 2.45) is 5.73 Å². The number of anilines is 4. The van der Waals surface area contributed by atoms with Crippen LogP contribution in [-0.2, 0) is 14.0 Å². The molecule has 0 unspecified atom stereocenters. The first-order valence-electron chi connectivity index (χ1n) is 34.8. The first-order valence-corrected chi connectivity index (χ1v) is 37.7. The molecule has 11 rings (SSSR count). The molecule has 0 amide bonds. The number of esters is 1. The molecule has 1 aliphatic rings. The van der Waals surface area contributed by atoms with Crippen LogP contribution in [0.1, 0.15) is 157 Å². The Morgan fingerprint density at radius 2 is 0.944 bits per heavy atom. The number of hydrogen-bond acceptors (Lipinski definition) is 26. The number of rotatable bonds is 24. The van der Waals surface area contributed by atoms with Gasteiger partial charge in [-0.2, -0.15) is 10.2 Å². The zero-order valence-corrected chi connectivity index (χ0v) is 67.9. The van der Waals surface area contributed by atoms with E-state index in [1.54, 1.807) is 68.4 Å². The number of likely N-dealkylation sites (N-methyl/N-ethyl adjacent to an activating group) is 1. The summed E-state index contributed by atoms with van der Waals surface area (Å²) in [5, 5.41) is 21.9. The summed E-state index contributed by atoms with van der Waals surface area (Å²) in [4.78, 5) is 80.8. The number of carboxylic acids is 1. The third kappa shape index (κ3) is 26.4. The Hall–Kier alpha value is -8.03. The van der Waals surface area contributed by atoms with Crippen molar-refractivity contribution < 1.29 is 62.7 Å². The van der Waals surface area contributed by atoms with E-state index in [0.29, 0.717) is 64.8 Å². The van der Waals surface area contributed by atoms with E-state index in [9.17, 15) is 19.2 Å². The standard InChI is InChI=1S/C24H28N6OS.C16H18BN3O2S.C14H22ClN3O.C7H7ClN2O2.C7H18N2.C6H5ClN2O2.Li.H2O/c1-4-29(5-2)16(3)8-9-21(31)17-13-20(27-23(25)14-17)18-15-26-30-11-10-19(28-24(18)30)22-7-6-12-32-22;1-15(2)16(3,4)22-17(21-15)11-10-18-20-8-7-12(19-14(11)20)13-6-5-9-23-13;1-4-18(5-2)10(3)6-7-12(19)11-8-13(15)17-14(16)9-11;1-12-7(11)4-2-5(8)10-6(9)3-4;1-4-9(5-2)7(3)6-8;7-4-1-3(6(10)11)2-5(8)9-4;;/h6-7,10-16H,4-5,8-9H2,1-3H3,(H2,25,27);5-10H,1-4H3;8-10H,4-7H2,1-3H3,(H2,16,17);2-3H,1H3,(H2,9,10);7H,4-6,8H2,1-3H3;1-2H,(H2,8,9)(H,10,11);;1H2/q;;;;;;+1;/p-1/t16-;;10-;;7-;;;/m0.0.0.../s1. The third-order valence-electron chi connectivity index (χ3n) is 17.9. The molecule has 1 fully saturated rings. The zero-order valence-electron chi connectivity index (χ0n) is 64.0. The largest absolute Gasteiger partial charge is 1.00 e. The maximum absolute atomic E-state index is 13.0. The maximum atomic E-state index is 13.0. The fourth-order valence-corrected chi connectivity index (χ4v) is 13.2. The quantitative estimate of drug-likeness (QED) is 0.0142. The minimum atomic E-state index is -1.07. The molecule has 27 nitrogen and oxygen atoms in total. The van der Waals surface area contributed by atoms with Gasteiger partial charge in [0.1, 0.15) is 38.7 Å². The van der Waals surface area contributed by atoms with Gasteiger partial charge in [0.05, 0.1) is 74.2 Å². The summed E-state index contributed by atoms with van der Waals surface area (Å²) in [6.07, 6.45) is 9.91. The van der Waals surface area contributed by atoms with Gasteiger partial charge in [0, 0.05) is 66.5 Å². The molecule has 0 saturated carbocycles. The second-order valence-electron chi connectivity index (χ2n) is 25.5. The van der Waals surface area contributed by atoms with Gasteiger partial charge in [0.25, 0.3) is 0 Å². The fraction of sp³-hybridized carbons (Fsp3) is 0.405. The van der Waals surface area contributed by atoms with Crippen molar-refractivity contribution in [2.75, 3.05) is 75.9 Å². The van der Waals surface area contributed by atoms with Crippen molar-refractivity contribution in [3.05, 3.63) is 158 Å². The molecule has 10 aromatic rings. The molecule has 1 saturated heterocycles. The average Bonchev–Trinajstić information content (AvgIpc) is 1.38. The second-order valence-corrected chi connectivity index (χ2v) is 28.6. The first kappa shape index (κ1) is 92.4. The number of nitrogens with two attached hydrogens (primary N) is 5. The number of ketones is 2. The predicted octanol–water partition coefficient (Wildman–Crippen LogP) is 10.2. The van der Waals surface area contributed by atoms with Gasteiger partial charge in [0.2, 0.25) is 0 Å². The van der Waals surface area contributed by atoms with Crippen molar-refractivity contribution in [3.8, 4) is 32.4 Å². The number of nitrogen functional groups attached to an aromatic ring is 4. The number of aromatic carboxylic acids is 1. The molecule has 108 heavy (non-hydrogen) atoms. The second kappa shape index (κ2) is 44.0. The van der Waals surface area contributed by atoms with Crippen LogP contribution in [0.2, 0.25) is 15.5 Å². The zero-order chi connectivity index (χ0) is 78.2. The number of fused-ring (bicyclic) bond motifs is 2. The molecule has 0 spiro atoms. The van der Waals surface area contributed by atoms with E-state index in [2.05, 4.69) is 118 Å². The molecule has 576 valence electrons. The number of ether oxygens (including phenoxy) is 1. The van der Waals surface area contributed by atoms with E-state index in [-0.39, 0.29) is 85.6 Å². The van der Waals surface area contributed by atoms with E-state index in [1.165, 1.54) is 31.4 Å². The van der Waals surface area contributed by atoms with Crippen LogP contribution in [0, 0.1) is 0 Å². The Bertz CT molecular complexity index is 4420. The predicted molar refractivity (Wildman–Crippen MR) is 431 cm³/mol. The van der Waals surface area contributed by atoms with Gasteiger partial charge in [-0.1, -0.05) is 88.5 Å². The van der Waals surface area contributed by atoms with Crippen molar-refractivity contribution in [2.45, 2.75) is 145 Å². The normalized spacial score (nSPS) is 13.3. The number of carboxylic acid groups (broad SMARTS) is 1. The number of carbonyl (C=O) groups is 4. The third-order valence-corrected chi connectivity index (χ3v) is 20.3. The van der Waals surface area contributed by atoms with E-state index in [0.717, 1.165) is 96.5 Å². The molecule has 0 bridgehead atoms. The molecule has 10 aromatic heterocycles. The van der Waals surface area contributed by atoms with Crippen molar-refractivity contribution in [3.63, 3.8) is 0 Å². The molecule has 11 heterocycles. The minimum absolute atomic E-state index is 0. The summed E-state index contributed by atoms with van der Waals surface area (Å²) in [5.41, 5.74) is 33.9. The molecular formula is C74H99BCl3LiN18O9S2. The molecule has 0 aromatic carbocycles. The van der Waals surface area contributed by atoms with Crippen molar-refractivity contribution in [1.29, 1.82) is 0 Å². The number of thiophene rings is 2. The van der Waals surface area contributed by atoms with Crippen LogP contribution in [0.3, 0.4) is 0 Å². The van der Waals surface area contributed by atoms with Crippen molar-refractivity contribution in [1.82, 2.24) is 63.8 Å². The topological polar surface area (TPSA) is 398 Å². The molecule has 0 aliphatic carbocycles. The van der Waals surface area contributed by atoms with Crippen LogP contribution in [0.25, 0.3) is 43.7 Å². The number of Topliss-reactive ketones (excluding diaryl/α,β-unsaturated/α-hetero) is 2. The van der Waals surface area contributed by atoms with Crippen LogP contribution in [0.15, 0.2) is 120 Å². The van der Waals surface area contributed by atoms with Gasteiger partial charge < -0.3 is 63.1 Å². The summed E-state index contributed by atoms with van der Waals surface area (Å²) in [6.45, 7) is 34.5. The van der Waals surface area contributed by atoms with Gasteiger partial charge in [-0.25, -0.2) is 48.5 Å². The molecule has 1 aliphatic heterocycles. The van der Waals surface area contributed by atoms with Crippen LogP contribution < -0.4 is 53.0 Å². The van der Waals surface area contributed by atoms with Gasteiger partial charge in [-0.15, -0.1) is 22.7 Å². The van der Waals surface area contributed by atoms with Gasteiger partial charge in [0.15, 0.2) is 22.9 Å². The summed E-state index contributed by atoms with van der Waals surface area (Å²) >= 11 is 20.1. The summed E-state index contributed by atoms with van der Waals surface area (Å²) in [7, 11) is 0.830. The van der Waals surface area contributed by atoms with Gasteiger partial charge in [-0.05, 0) is 184 Å². The molecule has 3 atom stereocenters. The number of carbonyl (C=O) groups excluding carboxylic acids is 3. The molecule has 34 heteroatoms. The number of pyridine rings is 4. The summed E-state index contributed by atoms with van der Waals surface area (Å²) in [5.74, 6) is -0.507. The van der Waals surface area contributed by atoms with E-state index in [1.807, 2.05) is 81.2 Å².